The van der Waals surface area contributed by atoms with Gasteiger partial charge in [0.2, 0.25) is 6.79 Å². The molecule has 0 bridgehead atoms. The van der Waals surface area contributed by atoms with Crippen LogP contribution in [0.4, 0.5) is 0 Å². The molecule has 1 aromatic heterocycles. The summed E-state index contributed by atoms with van der Waals surface area (Å²) in [5.41, 5.74) is 1.91. The molecule has 0 unspecified atom stereocenters. The number of morpholine rings is 1. The SMILES string of the molecule is Cn1cccc1[C@H](CNC(=O)C(=O)NCc1ccc2c(c1)OCO2)N1CCOCC1. The smallest absolute Gasteiger partial charge is 0.309 e. The Bertz CT molecular complexity index is 907. The average molecular weight is 414 g/mol. The first-order valence-corrected chi connectivity index (χ1v) is 9.99. The predicted molar refractivity (Wildman–Crippen MR) is 108 cm³/mol. The van der Waals surface area contributed by atoms with Crippen LogP contribution in [-0.2, 0) is 27.9 Å². The molecule has 3 heterocycles. The number of carbonyl (C=O) groups is 2. The number of benzene rings is 1. The molecule has 1 atom stereocenters. The third-order valence-electron chi connectivity index (χ3n) is 5.36. The molecule has 2 aliphatic rings. The minimum Gasteiger partial charge on any atom is -0.454 e. The van der Waals surface area contributed by atoms with E-state index in [9.17, 15) is 9.59 Å². The van der Waals surface area contributed by atoms with E-state index in [0.717, 1.165) is 24.3 Å². The van der Waals surface area contributed by atoms with E-state index in [1.54, 1.807) is 12.1 Å². The number of nitrogens with zero attached hydrogens (tertiary/aromatic N) is 2. The maximum atomic E-state index is 12.4. The third-order valence-corrected chi connectivity index (χ3v) is 5.36. The molecule has 30 heavy (non-hydrogen) atoms. The number of aryl methyl sites for hydroxylation is 1. The van der Waals surface area contributed by atoms with Gasteiger partial charge in [0.15, 0.2) is 11.5 Å². The number of hydrogen-bond acceptors (Lipinski definition) is 6. The highest BCUT2D eigenvalue weighted by Gasteiger charge is 2.26. The predicted octanol–water partition coefficient (Wildman–Crippen LogP) is 0.560. The Balaban J connectivity index is 1.32. The zero-order valence-electron chi connectivity index (χ0n) is 16.9. The van der Waals surface area contributed by atoms with Crippen molar-refractivity contribution in [1.82, 2.24) is 20.1 Å². The maximum absolute atomic E-state index is 12.4. The highest BCUT2D eigenvalue weighted by molar-refractivity contribution is 6.35. The summed E-state index contributed by atoms with van der Waals surface area (Å²) in [7, 11) is 1.97. The molecule has 0 spiro atoms. The van der Waals surface area contributed by atoms with Crippen LogP contribution in [0.5, 0.6) is 11.5 Å². The van der Waals surface area contributed by atoms with Gasteiger partial charge >= 0.3 is 11.8 Å². The van der Waals surface area contributed by atoms with Crippen LogP contribution >= 0.6 is 0 Å². The molecule has 9 nitrogen and oxygen atoms in total. The zero-order valence-corrected chi connectivity index (χ0v) is 16.9. The van der Waals surface area contributed by atoms with Crippen molar-refractivity contribution in [3.63, 3.8) is 0 Å². The third kappa shape index (κ3) is 4.58. The molecule has 2 aromatic rings. The molecule has 1 fully saturated rings. The second-order valence-corrected chi connectivity index (χ2v) is 7.29. The summed E-state index contributed by atoms with van der Waals surface area (Å²) in [5.74, 6) is 0.00302. The lowest BCUT2D eigenvalue weighted by Gasteiger charge is -2.34. The molecule has 2 N–H and O–H groups in total. The van der Waals surface area contributed by atoms with Crippen molar-refractivity contribution in [2.75, 3.05) is 39.6 Å². The van der Waals surface area contributed by atoms with E-state index in [2.05, 4.69) is 15.5 Å². The molecule has 1 saturated heterocycles. The Morgan fingerprint density at radius 1 is 1.07 bits per heavy atom. The molecule has 9 heteroatoms. The lowest BCUT2D eigenvalue weighted by atomic mass is 10.1. The van der Waals surface area contributed by atoms with Crippen LogP contribution in [0.1, 0.15) is 17.3 Å². The van der Waals surface area contributed by atoms with Crippen LogP contribution in [0.15, 0.2) is 36.5 Å². The van der Waals surface area contributed by atoms with Gasteiger partial charge in [-0.25, -0.2) is 0 Å². The number of fused-ring (bicyclic) bond motifs is 1. The van der Waals surface area contributed by atoms with Gasteiger partial charge in [0.25, 0.3) is 0 Å². The van der Waals surface area contributed by atoms with Crippen LogP contribution in [0, 0.1) is 0 Å². The van der Waals surface area contributed by atoms with Crippen molar-refractivity contribution in [3.05, 3.63) is 47.8 Å². The van der Waals surface area contributed by atoms with Gasteiger partial charge in [-0.3, -0.25) is 14.5 Å². The Hall–Kier alpha value is -3.04. The Labute approximate surface area is 174 Å². The number of carbonyl (C=O) groups excluding carboxylic acids is 2. The summed E-state index contributed by atoms with van der Waals surface area (Å²) in [6.07, 6.45) is 1.97. The fourth-order valence-electron chi connectivity index (χ4n) is 3.71. The first kappa shape index (κ1) is 20.2. The summed E-state index contributed by atoms with van der Waals surface area (Å²) < 4.78 is 18.1. The van der Waals surface area contributed by atoms with Gasteiger partial charge < -0.3 is 29.4 Å². The van der Waals surface area contributed by atoms with Crippen molar-refractivity contribution in [3.8, 4) is 11.5 Å². The van der Waals surface area contributed by atoms with Gasteiger partial charge in [0.05, 0.1) is 19.3 Å². The van der Waals surface area contributed by atoms with Gasteiger partial charge in [-0.05, 0) is 29.8 Å². The summed E-state index contributed by atoms with van der Waals surface area (Å²) in [6, 6.07) is 9.39. The normalized spacial score (nSPS) is 16.8. The van der Waals surface area contributed by atoms with E-state index in [1.165, 1.54) is 0 Å². The molecule has 0 saturated carbocycles. The number of rotatable bonds is 6. The second kappa shape index (κ2) is 9.19. The molecule has 4 rings (SSSR count). The van der Waals surface area contributed by atoms with Crippen molar-refractivity contribution in [2.45, 2.75) is 12.6 Å². The first-order chi connectivity index (χ1) is 14.6. The lowest BCUT2D eigenvalue weighted by molar-refractivity contribution is -0.139. The fraction of sp³-hybridized carbons (Fsp3) is 0.429. The number of ether oxygens (including phenoxy) is 3. The number of hydrogen-bond donors (Lipinski definition) is 2. The van der Waals surface area contributed by atoms with Gasteiger partial charge in [0, 0.05) is 45.1 Å². The van der Waals surface area contributed by atoms with Gasteiger partial charge in [0.1, 0.15) is 0 Å². The van der Waals surface area contributed by atoms with Crippen LogP contribution in [0.25, 0.3) is 0 Å². The Kier molecular flexibility index (Phi) is 6.20. The van der Waals surface area contributed by atoms with Crippen molar-refractivity contribution < 1.29 is 23.8 Å². The molecule has 0 aliphatic carbocycles. The molecular formula is C21H26N4O5. The Morgan fingerprint density at radius 3 is 2.60 bits per heavy atom. The Morgan fingerprint density at radius 2 is 1.83 bits per heavy atom. The minimum atomic E-state index is -0.666. The van der Waals surface area contributed by atoms with E-state index in [0.29, 0.717) is 31.3 Å². The number of aromatic nitrogens is 1. The summed E-state index contributed by atoms with van der Waals surface area (Å²) >= 11 is 0. The molecule has 160 valence electrons. The summed E-state index contributed by atoms with van der Waals surface area (Å²) in [4.78, 5) is 26.9. The highest BCUT2D eigenvalue weighted by Crippen LogP contribution is 2.32. The molecule has 1 aromatic carbocycles. The fourth-order valence-corrected chi connectivity index (χ4v) is 3.71. The standard InChI is InChI=1S/C21H26N4O5/c1-24-6-2-3-16(24)17(25-7-9-28-10-8-25)13-23-21(27)20(26)22-12-15-4-5-18-19(11-15)30-14-29-18/h2-6,11,17H,7-10,12-14H2,1H3,(H,22,26)(H,23,27)/t17-/m0/s1. The molecule has 2 aliphatic heterocycles. The van der Waals surface area contributed by atoms with Gasteiger partial charge in [-0.1, -0.05) is 6.07 Å². The zero-order chi connectivity index (χ0) is 20.9. The van der Waals surface area contributed by atoms with E-state index in [4.69, 9.17) is 14.2 Å². The van der Waals surface area contributed by atoms with E-state index in [1.807, 2.05) is 36.0 Å². The molecule has 0 radical (unpaired) electrons. The van der Waals surface area contributed by atoms with Crippen LogP contribution in [-0.4, -0.2) is 60.9 Å². The van der Waals surface area contributed by atoms with Crippen LogP contribution in [0.3, 0.4) is 0 Å². The molecular weight excluding hydrogens is 388 g/mol. The highest BCUT2D eigenvalue weighted by atomic mass is 16.7. The van der Waals surface area contributed by atoms with E-state index < -0.39 is 11.8 Å². The van der Waals surface area contributed by atoms with Crippen LogP contribution in [0.2, 0.25) is 0 Å². The lowest BCUT2D eigenvalue weighted by Crippen LogP contribution is -2.47. The summed E-state index contributed by atoms with van der Waals surface area (Å²) in [5, 5.41) is 5.43. The minimum absolute atomic E-state index is 0.0282. The summed E-state index contributed by atoms with van der Waals surface area (Å²) in [6.45, 7) is 3.64. The average Bonchev–Trinajstić information content (AvgIpc) is 3.41. The van der Waals surface area contributed by atoms with E-state index in [-0.39, 0.29) is 19.4 Å². The second-order valence-electron chi connectivity index (χ2n) is 7.29. The van der Waals surface area contributed by atoms with Crippen molar-refractivity contribution in [1.29, 1.82) is 0 Å². The number of nitrogens with one attached hydrogen (secondary N) is 2. The largest absolute Gasteiger partial charge is 0.454 e. The maximum Gasteiger partial charge on any atom is 0.309 e. The monoisotopic (exact) mass is 414 g/mol. The molecule has 2 amide bonds. The topological polar surface area (TPSA) is 94.1 Å². The first-order valence-electron chi connectivity index (χ1n) is 9.99. The van der Waals surface area contributed by atoms with Crippen LogP contribution < -0.4 is 20.1 Å². The van der Waals surface area contributed by atoms with Crippen molar-refractivity contribution >= 4 is 11.8 Å². The van der Waals surface area contributed by atoms with Gasteiger partial charge in [-0.2, -0.15) is 0 Å². The van der Waals surface area contributed by atoms with E-state index >= 15 is 0 Å². The quantitative estimate of drug-likeness (QED) is 0.671. The van der Waals surface area contributed by atoms with Gasteiger partial charge in [-0.15, -0.1) is 0 Å². The number of amides is 2. The van der Waals surface area contributed by atoms with Crippen molar-refractivity contribution in [2.24, 2.45) is 7.05 Å².